The Hall–Kier alpha value is -3.64. The fourth-order valence-electron chi connectivity index (χ4n) is 3.24. The topological polar surface area (TPSA) is 103 Å². The highest BCUT2D eigenvalue weighted by Crippen LogP contribution is 2.33. The third-order valence-corrected chi connectivity index (χ3v) is 5.92. The van der Waals surface area contributed by atoms with E-state index < -0.39 is 0 Å². The SMILES string of the molecule is COc1ccc(CCNC(=O)CSc2nc3cc(OC)c(OC)cc3cc2C#N)cc1OC. The number of carbonyl (C=O) groups excluding carboxylic acids is 1. The predicted octanol–water partition coefficient (Wildman–Crippen LogP) is 3.59. The van der Waals surface area contributed by atoms with Gasteiger partial charge in [-0.15, -0.1) is 0 Å². The van der Waals surface area contributed by atoms with Crippen LogP contribution in [0.5, 0.6) is 23.0 Å². The summed E-state index contributed by atoms with van der Waals surface area (Å²) in [6.45, 7) is 0.474. The molecule has 0 fully saturated rings. The van der Waals surface area contributed by atoms with Gasteiger partial charge in [-0.05, 0) is 36.2 Å². The molecule has 8 nitrogen and oxygen atoms in total. The molecule has 1 heterocycles. The number of thioether (sulfide) groups is 1. The van der Waals surface area contributed by atoms with Crippen molar-refractivity contribution in [1.82, 2.24) is 10.3 Å². The number of pyridine rings is 1. The van der Waals surface area contributed by atoms with Gasteiger partial charge in [0.25, 0.3) is 0 Å². The van der Waals surface area contributed by atoms with Crippen LogP contribution in [0, 0.1) is 11.3 Å². The first-order chi connectivity index (χ1) is 16.0. The number of hydrogen-bond acceptors (Lipinski definition) is 8. The number of carbonyl (C=O) groups is 1. The van der Waals surface area contributed by atoms with Crippen LogP contribution in [0.15, 0.2) is 41.4 Å². The van der Waals surface area contributed by atoms with Gasteiger partial charge in [0.05, 0.1) is 45.3 Å². The van der Waals surface area contributed by atoms with Crippen molar-refractivity contribution in [3.8, 4) is 29.1 Å². The Kier molecular flexibility index (Phi) is 8.22. The van der Waals surface area contributed by atoms with E-state index in [9.17, 15) is 10.1 Å². The van der Waals surface area contributed by atoms with E-state index in [2.05, 4.69) is 16.4 Å². The maximum absolute atomic E-state index is 12.4. The number of ether oxygens (including phenoxy) is 4. The van der Waals surface area contributed by atoms with E-state index in [-0.39, 0.29) is 11.7 Å². The number of nitriles is 1. The Balaban J connectivity index is 1.62. The van der Waals surface area contributed by atoms with Crippen molar-refractivity contribution in [2.24, 2.45) is 0 Å². The third kappa shape index (κ3) is 5.79. The van der Waals surface area contributed by atoms with Gasteiger partial charge >= 0.3 is 0 Å². The molecule has 2 aromatic carbocycles. The Morgan fingerprint density at radius 1 is 0.970 bits per heavy atom. The second-order valence-electron chi connectivity index (χ2n) is 6.93. The summed E-state index contributed by atoms with van der Waals surface area (Å²) in [4.78, 5) is 16.9. The smallest absolute Gasteiger partial charge is 0.230 e. The Bertz CT molecular complexity index is 1190. The number of rotatable bonds is 10. The van der Waals surface area contributed by atoms with Crippen molar-refractivity contribution in [3.05, 3.63) is 47.5 Å². The zero-order chi connectivity index (χ0) is 23.8. The van der Waals surface area contributed by atoms with Crippen molar-refractivity contribution < 1.29 is 23.7 Å². The first-order valence-corrected chi connectivity index (χ1v) is 11.1. The summed E-state index contributed by atoms with van der Waals surface area (Å²) in [6, 6.07) is 13.1. The van der Waals surface area contributed by atoms with E-state index in [1.807, 2.05) is 18.2 Å². The van der Waals surface area contributed by atoms with Crippen molar-refractivity contribution in [2.45, 2.75) is 11.4 Å². The second-order valence-corrected chi connectivity index (χ2v) is 7.89. The van der Waals surface area contributed by atoms with Gasteiger partial charge < -0.3 is 24.3 Å². The molecule has 33 heavy (non-hydrogen) atoms. The molecule has 172 valence electrons. The number of methoxy groups -OCH3 is 4. The fourth-order valence-corrected chi connectivity index (χ4v) is 4.03. The fraction of sp³-hybridized carbons (Fsp3) is 0.292. The van der Waals surface area contributed by atoms with Crippen LogP contribution in [-0.2, 0) is 11.2 Å². The van der Waals surface area contributed by atoms with Crippen LogP contribution < -0.4 is 24.3 Å². The lowest BCUT2D eigenvalue weighted by molar-refractivity contribution is -0.118. The maximum atomic E-state index is 12.4. The average Bonchev–Trinajstić information content (AvgIpc) is 2.85. The lowest BCUT2D eigenvalue weighted by atomic mass is 10.1. The lowest BCUT2D eigenvalue weighted by Gasteiger charge is -2.11. The quantitative estimate of drug-likeness (QED) is 0.451. The molecule has 0 unspecified atom stereocenters. The number of nitrogens with one attached hydrogen (secondary N) is 1. The average molecular weight is 468 g/mol. The van der Waals surface area contributed by atoms with Crippen LogP contribution in [-0.4, -0.2) is 51.6 Å². The van der Waals surface area contributed by atoms with E-state index in [0.717, 1.165) is 10.9 Å². The molecular formula is C24H25N3O5S. The molecule has 0 radical (unpaired) electrons. The third-order valence-electron chi connectivity index (χ3n) is 4.93. The van der Waals surface area contributed by atoms with E-state index >= 15 is 0 Å². The zero-order valence-corrected chi connectivity index (χ0v) is 19.7. The molecule has 0 aliphatic heterocycles. The standard InChI is InChI=1S/C24H25N3O5S/c1-29-19-6-5-15(9-20(19)30-2)7-8-26-23(28)14-33-24-17(13-25)10-16-11-21(31-3)22(32-4)12-18(16)27-24/h5-6,9-12H,7-8,14H2,1-4H3,(H,26,28). The molecule has 0 saturated carbocycles. The van der Waals surface area contributed by atoms with E-state index in [1.54, 1.807) is 46.6 Å². The molecular weight excluding hydrogens is 442 g/mol. The molecule has 0 atom stereocenters. The molecule has 0 aliphatic rings. The van der Waals surface area contributed by atoms with Gasteiger partial charge in [0, 0.05) is 18.0 Å². The van der Waals surface area contributed by atoms with Crippen LogP contribution in [0.3, 0.4) is 0 Å². The Morgan fingerprint density at radius 2 is 1.64 bits per heavy atom. The van der Waals surface area contributed by atoms with E-state index in [0.29, 0.717) is 52.1 Å². The molecule has 3 rings (SSSR count). The monoisotopic (exact) mass is 467 g/mol. The highest BCUT2D eigenvalue weighted by molar-refractivity contribution is 8.00. The van der Waals surface area contributed by atoms with Gasteiger partial charge in [-0.1, -0.05) is 17.8 Å². The maximum Gasteiger partial charge on any atom is 0.230 e. The minimum absolute atomic E-state index is 0.140. The summed E-state index contributed by atoms with van der Waals surface area (Å²) >= 11 is 1.22. The minimum Gasteiger partial charge on any atom is -0.493 e. The largest absolute Gasteiger partial charge is 0.493 e. The zero-order valence-electron chi connectivity index (χ0n) is 18.9. The van der Waals surface area contributed by atoms with Crippen LogP contribution >= 0.6 is 11.8 Å². The van der Waals surface area contributed by atoms with Crippen LogP contribution in [0.1, 0.15) is 11.1 Å². The summed E-state index contributed by atoms with van der Waals surface area (Å²) in [7, 11) is 6.28. The highest BCUT2D eigenvalue weighted by atomic mass is 32.2. The van der Waals surface area contributed by atoms with Crippen LogP contribution in [0.25, 0.3) is 10.9 Å². The van der Waals surface area contributed by atoms with Gasteiger partial charge in [0.2, 0.25) is 5.91 Å². The number of benzene rings is 2. The molecule has 0 aliphatic carbocycles. The van der Waals surface area contributed by atoms with E-state index in [4.69, 9.17) is 18.9 Å². The van der Waals surface area contributed by atoms with Gasteiger partial charge in [-0.2, -0.15) is 5.26 Å². The normalized spacial score (nSPS) is 10.4. The summed E-state index contributed by atoms with van der Waals surface area (Å²) < 4.78 is 21.2. The molecule has 0 saturated heterocycles. The highest BCUT2D eigenvalue weighted by Gasteiger charge is 2.13. The summed E-state index contributed by atoms with van der Waals surface area (Å²) in [5.74, 6) is 2.42. The van der Waals surface area contributed by atoms with Crippen molar-refractivity contribution in [1.29, 1.82) is 5.26 Å². The second kappa shape index (κ2) is 11.3. The predicted molar refractivity (Wildman–Crippen MR) is 127 cm³/mol. The molecule has 1 amide bonds. The number of fused-ring (bicyclic) bond motifs is 1. The number of amides is 1. The number of nitrogens with zero attached hydrogens (tertiary/aromatic N) is 2. The molecule has 0 spiro atoms. The van der Waals surface area contributed by atoms with Crippen LogP contribution in [0.4, 0.5) is 0 Å². The molecule has 1 aromatic heterocycles. The van der Waals surface area contributed by atoms with Gasteiger partial charge in [-0.3, -0.25) is 4.79 Å². The first-order valence-electron chi connectivity index (χ1n) is 10.1. The van der Waals surface area contributed by atoms with Gasteiger partial charge in [0.1, 0.15) is 11.1 Å². The summed E-state index contributed by atoms with van der Waals surface area (Å²) in [5, 5.41) is 13.7. The summed E-state index contributed by atoms with van der Waals surface area (Å²) in [5.41, 5.74) is 2.08. The van der Waals surface area contributed by atoms with Crippen molar-refractivity contribution in [2.75, 3.05) is 40.7 Å². The summed E-state index contributed by atoms with van der Waals surface area (Å²) in [6.07, 6.45) is 0.649. The van der Waals surface area contributed by atoms with Crippen LogP contribution in [0.2, 0.25) is 0 Å². The molecule has 0 bridgehead atoms. The Morgan fingerprint density at radius 3 is 2.30 bits per heavy atom. The number of hydrogen-bond donors (Lipinski definition) is 1. The molecule has 1 N–H and O–H groups in total. The molecule has 9 heteroatoms. The van der Waals surface area contributed by atoms with Crippen molar-refractivity contribution >= 4 is 28.6 Å². The minimum atomic E-state index is -0.140. The van der Waals surface area contributed by atoms with E-state index in [1.165, 1.54) is 11.8 Å². The van der Waals surface area contributed by atoms with Gasteiger partial charge in [-0.25, -0.2) is 4.98 Å². The number of aromatic nitrogens is 1. The van der Waals surface area contributed by atoms with Crippen molar-refractivity contribution in [3.63, 3.8) is 0 Å². The Labute approximate surface area is 196 Å². The lowest BCUT2D eigenvalue weighted by Crippen LogP contribution is -2.27. The van der Waals surface area contributed by atoms with Gasteiger partial charge in [0.15, 0.2) is 23.0 Å². The first kappa shape index (κ1) is 24.0. The molecule has 3 aromatic rings.